The van der Waals surface area contributed by atoms with Crippen molar-refractivity contribution >= 4 is 17.7 Å². The van der Waals surface area contributed by atoms with Gasteiger partial charge in [0.25, 0.3) is 0 Å². The van der Waals surface area contributed by atoms with Gasteiger partial charge in [-0.2, -0.15) is 0 Å². The Hall–Kier alpha value is -1.82. The lowest BCUT2D eigenvalue weighted by Gasteiger charge is -2.20. The minimum atomic E-state index is 0.0112. The van der Waals surface area contributed by atoms with Crippen molar-refractivity contribution in [1.82, 2.24) is 20.5 Å². The quantitative estimate of drug-likeness (QED) is 0.742. The zero-order chi connectivity index (χ0) is 17.6. The third-order valence-corrected chi connectivity index (χ3v) is 5.43. The maximum Gasteiger partial charge on any atom is 0.230 e. The number of nitrogens with one attached hydrogen (secondary N) is 2. The molecule has 1 atom stereocenters. The summed E-state index contributed by atoms with van der Waals surface area (Å²) in [4.78, 5) is 16.6. The van der Waals surface area contributed by atoms with E-state index in [0.29, 0.717) is 10.9 Å². The molecule has 0 aliphatic heterocycles. The van der Waals surface area contributed by atoms with Gasteiger partial charge in [-0.1, -0.05) is 36.9 Å². The normalized spacial score (nSPS) is 14.8. The molecular formula is C19H26N4OS. The minimum Gasteiger partial charge on any atom is -0.349 e. The molecule has 25 heavy (non-hydrogen) atoms. The largest absolute Gasteiger partial charge is 0.349 e. The molecule has 1 aliphatic rings. The third-order valence-electron chi connectivity index (χ3n) is 4.58. The van der Waals surface area contributed by atoms with Crippen LogP contribution in [0.25, 0.3) is 0 Å². The Morgan fingerprint density at radius 3 is 2.92 bits per heavy atom. The number of carbonyl (C=O) groups is 1. The second kappa shape index (κ2) is 8.52. The van der Waals surface area contributed by atoms with Crippen LogP contribution in [0.3, 0.4) is 0 Å². The Morgan fingerprint density at radius 2 is 2.12 bits per heavy atom. The molecule has 5 nitrogen and oxygen atoms in total. The second-order valence-corrected chi connectivity index (χ2v) is 7.57. The Labute approximate surface area is 153 Å². The molecular weight excluding hydrogens is 332 g/mol. The Bertz CT molecular complexity index is 728. The molecule has 0 fully saturated rings. The molecule has 3 rings (SSSR count). The monoisotopic (exact) mass is 358 g/mol. The van der Waals surface area contributed by atoms with Crippen molar-refractivity contribution in [2.45, 2.75) is 63.6 Å². The first kappa shape index (κ1) is 18.0. The molecule has 0 saturated heterocycles. The van der Waals surface area contributed by atoms with E-state index >= 15 is 0 Å². The maximum absolute atomic E-state index is 12.2. The van der Waals surface area contributed by atoms with Gasteiger partial charge in [-0.15, -0.1) is 5.10 Å². The van der Waals surface area contributed by atoms with E-state index < -0.39 is 0 Å². The lowest BCUT2D eigenvalue weighted by Crippen LogP contribution is -2.28. The van der Waals surface area contributed by atoms with Crippen LogP contribution < -0.4 is 5.32 Å². The number of fused-ring (bicyclic) bond motifs is 1. The summed E-state index contributed by atoms with van der Waals surface area (Å²) in [5.41, 5.74) is 4.10. The molecule has 0 unspecified atom stereocenters. The summed E-state index contributed by atoms with van der Waals surface area (Å²) in [5, 5.41) is 10.8. The SMILES string of the molecule is CCCc1nc(SCC(=O)N[C@H](C)c2ccc3c(c2)CCCC3)n[nH]1. The summed E-state index contributed by atoms with van der Waals surface area (Å²) in [6, 6.07) is 6.65. The maximum atomic E-state index is 12.2. The van der Waals surface area contributed by atoms with Gasteiger partial charge in [-0.3, -0.25) is 9.89 Å². The average molecular weight is 359 g/mol. The number of thioether (sulfide) groups is 1. The van der Waals surface area contributed by atoms with Crippen LogP contribution in [0.1, 0.15) is 61.7 Å². The Morgan fingerprint density at radius 1 is 1.32 bits per heavy atom. The summed E-state index contributed by atoms with van der Waals surface area (Å²) >= 11 is 1.37. The van der Waals surface area contributed by atoms with Crippen molar-refractivity contribution in [1.29, 1.82) is 0 Å². The molecule has 1 heterocycles. The number of benzene rings is 1. The predicted octanol–water partition coefficient (Wildman–Crippen LogP) is 3.61. The van der Waals surface area contributed by atoms with Crippen LogP contribution in [0.4, 0.5) is 0 Å². The lowest BCUT2D eigenvalue weighted by molar-refractivity contribution is -0.119. The van der Waals surface area contributed by atoms with E-state index in [9.17, 15) is 4.79 Å². The third kappa shape index (κ3) is 4.84. The number of hydrogen-bond donors (Lipinski definition) is 2. The molecule has 0 spiro atoms. The van der Waals surface area contributed by atoms with Crippen molar-refractivity contribution < 1.29 is 4.79 Å². The van der Waals surface area contributed by atoms with Gasteiger partial charge in [0.15, 0.2) is 0 Å². The predicted molar refractivity (Wildman–Crippen MR) is 101 cm³/mol. The van der Waals surface area contributed by atoms with Crippen LogP contribution in [0, 0.1) is 0 Å². The van der Waals surface area contributed by atoms with E-state index in [4.69, 9.17) is 0 Å². The van der Waals surface area contributed by atoms with Gasteiger partial charge in [-0.05, 0) is 55.7 Å². The molecule has 0 saturated carbocycles. The van der Waals surface area contributed by atoms with Crippen LogP contribution in [-0.2, 0) is 24.1 Å². The van der Waals surface area contributed by atoms with Gasteiger partial charge in [0.2, 0.25) is 11.1 Å². The van der Waals surface area contributed by atoms with Gasteiger partial charge >= 0.3 is 0 Å². The molecule has 1 aromatic carbocycles. The fourth-order valence-electron chi connectivity index (χ4n) is 3.21. The van der Waals surface area contributed by atoms with Crippen LogP contribution in [0.15, 0.2) is 23.4 Å². The molecule has 2 N–H and O–H groups in total. The fourth-order valence-corrected chi connectivity index (χ4v) is 3.84. The second-order valence-electron chi connectivity index (χ2n) is 6.63. The molecule has 0 radical (unpaired) electrons. The van der Waals surface area contributed by atoms with E-state index in [2.05, 4.69) is 45.6 Å². The van der Waals surface area contributed by atoms with Crippen molar-refractivity contribution in [2.24, 2.45) is 0 Å². The van der Waals surface area contributed by atoms with E-state index in [1.54, 1.807) is 0 Å². The molecule has 134 valence electrons. The van der Waals surface area contributed by atoms with E-state index in [1.807, 2.05) is 6.92 Å². The number of nitrogens with zero attached hydrogens (tertiary/aromatic N) is 2. The number of aromatic nitrogens is 3. The first-order chi connectivity index (χ1) is 12.2. The van der Waals surface area contributed by atoms with Crippen molar-refractivity contribution in [3.63, 3.8) is 0 Å². The number of amides is 1. The summed E-state index contributed by atoms with van der Waals surface area (Å²) in [6.45, 7) is 4.14. The smallest absolute Gasteiger partial charge is 0.230 e. The van der Waals surface area contributed by atoms with Crippen molar-refractivity contribution in [2.75, 3.05) is 5.75 Å². The lowest BCUT2D eigenvalue weighted by atomic mass is 9.89. The molecule has 1 aliphatic carbocycles. The highest BCUT2D eigenvalue weighted by atomic mass is 32.2. The summed E-state index contributed by atoms with van der Waals surface area (Å²) in [6.07, 6.45) is 6.81. The highest BCUT2D eigenvalue weighted by Gasteiger charge is 2.15. The minimum absolute atomic E-state index is 0.0112. The van der Waals surface area contributed by atoms with E-state index in [0.717, 1.165) is 25.1 Å². The zero-order valence-electron chi connectivity index (χ0n) is 15.0. The molecule has 1 aromatic heterocycles. The molecule has 2 aromatic rings. The molecule has 6 heteroatoms. The topological polar surface area (TPSA) is 70.7 Å². The number of carbonyl (C=O) groups excluding carboxylic acids is 1. The van der Waals surface area contributed by atoms with Gasteiger partial charge in [-0.25, -0.2) is 4.98 Å². The van der Waals surface area contributed by atoms with Gasteiger partial charge in [0.1, 0.15) is 5.82 Å². The molecule has 0 bridgehead atoms. The Balaban J connectivity index is 1.51. The van der Waals surface area contributed by atoms with Crippen molar-refractivity contribution in [3.05, 3.63) is 40.7 Å². The van der Waals surface area contributed by atoms with E-state index in [1.165, 1.54) is 47.7 Å². The summed E-state index contributed by atoms with van der Waals surface area (Å²) in [7, 11) is 0. The van der Waals surface area contributed by atoms with Gasteiger partial charge in [0.05, 0.1) is 11.8 Å². The summed E-state index contributed by atoms with van der Waals surface area (Å²) < 4.78 is 0. The zero-order valence-corrected chi connectivity index (χ0v) is 15.8. The van der Waals surface area contributed by atoms with Gasteiger partial charge < -0.3 is 5.32 Å². The van der Waals surface area contributed by atoms with Crippen LogP contribution >= 0.6 is 11.8 Å². The highest BCUT2D eigenvalue weighted by Crippen LogP contribution is 2.25. The first-order valence-electron chi connectivity index (χ1n) is 9.11. The standard InChI is InChI=1S/C19H26N4OS/c1-3-6-17-21-19(23-22-17)25-12-18(24)20-13(2)15-10-9-14-7-4-5-8-16(14)11-15/h9-11,13H,3-8,12H2,1-2H3,(H,20,24)(H,21,22,23)/t13-/m1/s1. The van der Waals surface area contributed by atoms with Gasteiger partial charge in [0, 0.05) is 6.42 Å². The van der Waals surface area contributed by atoms with Crippen LogP contribution in [0.5, 0.6) is 0 Å². The average Bonchev–Trinajstić information content (AvgIpc) is 3.07. The number of H-pyrrole nitrogens is 1. The van der Waals surface area contributed by atoms with Crippen molar-refractivity contribution in [3.8, 4) is 0 Å². The Kier molecular flexibility index (Phi) is 6.13. The van der Waals surface area contributed by atoms with E-state index in [-0.39, 0.29) is 11.9 Å². The number of rotatable bonds is 7. The fraction of sp³-hybridized carbons (Fsp3) is 0.526. The first-order valence-corrected chi connectivity index (χ1v) is 10.1. The van der Waals surface area contributed by atoms with Crippen LogP contribution in [-0.4, -0.2) is 26.8 Å². The number of aryl methyl sites for hydroxylation is 3. The highest BCUT2D eigenvalue weighted by molar-refractivity contribution is 7.99. The summed E-state index contributed by atoms with van der Waals surface area (Å²) in [5.74, 6) is 1.23. The van der Waals surface area contributed by atoms with Crippen LogP contribution in [0.2, 0.25) is 0 Å². The number of hydrogen-bond acceptors (Lipinski definition) is 4. The molecule has 1 amide bonds. The number of aromatic amines is 1.